The highest BCUT2D eigenvalue weighted by atomic mass is 16.4. The second kappa shape index (κ2) is 8.70. The van der Waals surface area contributed by atoms with Crippen molar-refractivity contribution in [3.8, 4) is 0 Å². The first-order chi connectivity index (χ1) is 9.15. The lowest BCUT2D eigenvalue weighted by Crippen LogP contribution is -2.37. The van der Waals surface area contributed by atoms with E-state index in [0.717, 1.165) is 25.8 Å². The van der Waals surface area contributed by atoms with E-state index in [1.54, 1.807) is 0 Å². The molecule has 2 N–H and O–H groups in total. The summed E-state index contributed by atoms with van der Waals surface area (Å²) in [5, 5.41) is 12.3. The number of rotatable bonds is 9. The standard InChI is InChI=1S/C16H25NO2/c1-3-4-10-15(16(18)19)17-12-11-13(2)14-8-6-5-7-9-14/h5-9,13,15,17H,3-4,10-12H2,1-2H3,(H,18,19). The summed E-state index contributed by atoms with van der Waals surface area (Å²) in [7, 11) is 0. The maximum absolute atomic E-state index is 11.1. The van der Waals surface area contributed by atoms with E-state index in [1.165, 1.54) is 5.56 Å². The molecule has 3 heteroatoms. The van der Waals surface area contributed by atoms with Gasteiger partial charge in [-0.1, -0.05) is 57.0 Å². The minimum absolute atomic E-state index is 0.400. The van der Waals surface area contributed by atoms with Gasteiger partial charge in [0.15, 0.2) is 0 Å². The predicted octanol–water partition coefficient (Wildman–Crippen LogP) is 3.41. The fourth-order valence-corrected chi connectivity index (χ4v) is 2.14. The monoisotopic (exact) mass is 263 g/mol. The zero-order valence-corrected chi connectivity index (χ0v) is 11.9. The van der Waals surface area contributed by atoms with Crippen LogP contribution in [-0.4, -0.2) is 23.7 Å². The summed E-state index contributed by atoms with van der Waals surface area (Å²) in [6.07, 6.45) is 3.66. The highest BCUT2D eigenvalue weighted by molar-refractivity contribution is 5.73. The van der Waals surface area contributed by atoms with Crippen LogP contribution >= 0.6 is 0 Å². The van der Waals surface area contributed by atoms with Gasteiger partial charge in [0.1, 0.15) is 6.04 Å². The fourth-order valence-electron chi connectivity index (χ4n) is 2.14. The van der Waals surface area contributed by atoms with Crippen molar-refractivity contribution < 1.29 is 9.90 Å². The van der Waals surface area contributed by atoms with Crippen LogP contribution in [0.5, 0.6) is 0 Å². The van der Waals surface area contributed by atoms with Gasteiger partial charge in [0, 0.05) is 0 Å². The average molecular weight is 263 g/mol. The van der Waals surface area contributed by atoms with Gasteiger partial charge in [-0.3, -0.25) is 4.79 Å². The van der Waals surface area contributed by atoms with Crippen molar-refractivity contribution in [3.05, 3.63) is 35.9 Å². The minimum atomic E-state index is -0.735. The Morgan fingerprint density at radius 3 is 2.53 bits per heavy atom. The quantitative estimate of drug-likeness (QED) is 0.717. The molecule has 0 aliphatic heterocycles. The maximum atomic E-state index is 11.1. The largest absolute Gasteiger partial charge is 0.480 e. The number of nitrogens with one attached hydrogen (secondary N) is 1. The lowest BCUT2D eigenvalue weighted by molar-refractivity contribution is -0.139. The molecule has 0 amide bonds. The van der Waals surface area contributed by atoms with E-state index in [-0.39, 0.29) is 0 Å². The Morgan fingerprint density at radius 2 is 1.95 bits per heavy atom. The van der Waals surface area contributed by atoms with Gasteiger partial charge in [-0.2, -0.15) is 0 Å². The van der Waals surface area contributed by atoms with Crippen LogP contribution in [-0.2, 0) is 4.79 Å². The van der Waals surface area contributed by atoms with Crippen LogP contribution in [0.15, 0.2) is 30.3 Å². The first kappa shape index (κ1) is 15.7. The van der Waals surface area contributed by atoms with Gasteiger partial charge in [0.2, 0.25) is 0 Å². The smallest absolute Gasteiger partial charge is 0.320 e. The van der Waals surface area contributed by atoms with E-state index in [2.05, 4.69) is 31.3 Å². The van der Waals surface area contributed by atoms with Crippen molar-refractivity contribution in [1.82, 2.24) is 5.32 Å². The molecule has 106 valence electrons. The molecule has 1 rings (SSSR count). The van der Waals surface area contributed by atoms with Gasteiger partial charge >= 0.3 is 5.97 Å². The molecule has 0 aromatic heterocycles. The van der Waals surface area contributed by atoms with Crippen LogP contribution < -0.4 is 5.32 Å². The van der Waals surface area contributed by atoms with E-state index in [9.17, 15) is 4.79 Å². The number of benzene rings is 1. The number of carboxylic acids is 1. The van der Waals surface area contributed by atoms with Crippen LogP contribution in [0.1, 0.15) is 51.0 Å². The molecule has 19 heavy (non-hydrogen) atoms. The molecule has 0 aliphatic carbocycles. The summed E-state index contributed by atoms with van der Waals surface area (Å²) in [5.74, 6) is -0.282. The molecule has 2 atom stereocenters. The Bertz CT molecular complexity index is 364. The molecule has 1 aromatic rings. The number of hydrogen-bond donors (Lipinski definition) is 2. The number of aliphatic carboxylic acids is 1. The molecule has 0 saturated carbocycles. The van der Waals surface area contributed by atoms with Crippen molar-refractivity contribution >= 4 is 5.97 Å². The maximum Gasteiger partial charge on any atom is 0.320 e. The summed E-state index contributed by atoms with van der Waals surface area (Å²) in [5.41, 5.74) is 1.31. The Morgan fingerprint density at radius 1 is 1.26 bits per heavy atom. The summed E-state index contributed by atoms with van der Waals surface area (Å²) < 4.78 is 0. The molecular formula is C16H25NO2. The van der Waals surface area contributed by atoms with Gasteiger partial charge < -0.3 is 10.4 Å². The second-order valence-electron chi connectivity index (χ2n) is 5.09. The lowest BCUT2D eigenvalue weighted by atomic mass is 9.98. The summed E-state index contributed by atoms with van der Waals surface area (Å²) in [4.78, 5) is 11.1. The van der Waals surface area contributed by atoms with Gasteiger partial charge in [-0.15, -0.1) is 0 Å². The Hall–Kier alpha value is -1.35. The summed E-state index contributed by atoms with van der Waals surface area (Å²) in [6, 6.07) is 9.94. The first-order valence-corrected chi connectivity index (χ1v) is 7.16. The predicted molar refractivity (Wildman–Crippen MR) is 78.4 cm³/mol. The Kier molecular flexibility index (Phi) is 7.19. The molecule has 3 nitrogen and oxygen atoms in total. The molecule has 0 fully saturated rings. The van der Waals surface area contributed by atoms with Crippen LogP contribution in [0, 0.1) is 0 Å². The zero-order valence-electron chi connectivity index (χ0n) is 11.9. The van der Waals surface area contributed by atoms with Gasteiger partial charge in [0.05, 0.1) is 0 Å². The second-order valence-corrected chi connectivity index (χ2v) is 5.09. The van der Waals surface area contributed by atoms with E-state index in [4.69, 9.17) is 5.11 Å². The van der Waals surface area contributed by atoms with E-state index in [0.29, 0.717) is 12.3 Å². The van der Waals surface area contributed by atoms with Gasteiger partial charge in [-0.25, -0.2) is 0 Å². The number of carboxylic acid groups (broad SMARTS) is 1. The molecule has 0 radical (unpaired) electrons. The minimum Gasteiger partial charge on any atom is -0.480 e. The fraction of sp³-hybridized carbons (Fsp3) is 0.562. The SMILES string of the molecule is CCCCC(NCCC(C)c1ccccc1)C(=O)O. The number of carbonyl (C=O) groups is 1. The molecule has 2 unspecified atom stereocenters. The molecule has 0 bridgehead atoms. The highest BCUT2D eigenvalue weighted by Gasteiger charge is 2.16. The molecule has 0 spiro atoms. The number of hydrogen-bond acceptors (Lipinski definition) is 2. The molecule has 0 heterocycles. The van der Waals surface area contributed by atoms with Gasteiger partial charge in [-0.05, 0) is 30.9 Å². The van der Waals surface area contributed by atoms with E-state index in [1.807, 2.05) is 18.2 Å². The lowest BCUT2D eigenvalue weighted by Gasteiger charge is -2.16. The third-order valence-corrected chi connectivity index (χ3v) is 3.48. The van der Waals surface area contributed by atoms with Crippen molar-refractivity contribution in [2.24, 2.45) is 0 Å². The van der Waals surface area contributed by atoms with Crippen molar-refractivity contribution in [1.29, 1.82) is 0 Å². The Balaban J connectivity index is 2.33. The van der Waals surface area contributed by atoms with Crippen LogP contribution in [0.4, 0.5) is 0 Å². The van der Waals surface area contributed by atoms with Crippen molar-refractivity contribution in [2.45, 2.75) is 51.5 Å². The van der Waals surface area contributed by atoms with Crippen LogP contribution in [0.2, 0.25) is 0 Å². The van der Waals surface area contributed by atoms with E-state index < -0.39 is 12.0 Å². The molecular weight excluding hydrogens is 238 g/mol. The third-order valence-electron chi connectivity index (χ3n) is 3.48. The normalized spacial score (nSPS) is 14.0. The first-order valence-electron chi connectivity index (χ1n) is 7.16. The summed E-state index contributed by atoms with van der Waals surface area (Å²) >= 11 is 0. The number of unbranched alkanes of at least 4 members (excludes halogenated alkanes) is 1. The molecule has 1 aromatic carbocycles. The third kappa shape index (κ3) is 5.88. The van der Waals surface area contributed by atoms with Gasteiger partial charge in [0.25, 0.3) is 0 Å². The van der Waals surface area contributed by atoms with Crippen LogP contribution in [0.25, 0.3) is 0 Å². The topological polar surface area (TPSA) is 49.3 Å². The van der Waals surface area contributed by atoms with Crippen molar-refractivity contribution in [3.63, 3.8) is 0 Å². The van der Waals surface area contributed by atoms with Crippen LogP contribution in [0.3, 0.4) is 0 Å². The molecule has 0 aliphatic rings. The highest BCUT2D eigenvalue weighted by Crippen LogP contribution is 2.17. The Labute approximate surface area is 116 Å². The molecule has 0 saturated heterocycles. The summed E-state index contributed by atoms with van der Waals surface area (Å²) in [6.45, 7) is 5.01. The van der Waals surface area contributed by atoms with Crippen molar-refractivity contribution in [2.75, 3.05) is 6.54 Å². The van der Waals surface area contributed by atoms with E-state index >= 15 is 0 Å². The average Bonchev–Trinajstić information content (AvgIpc) is 2.43. The zero-order chi connectivity index (χ0) is 14.1.